The van der Waals surface area contributed by atoms with Crippen molar-refractivity contribution in [3.05, 3.63) is 24.3 Å². The molecule has 0 saturated heterocycles. The van der Waals surface area contributed by atoms with Crippen LogP contribution >= 0.6 is 10.7 Å². The van der Waals surface area contributed by atoms with Gasteiger partial charge in [0.05, 0.1) is 11.5 Å². The maximum absolute atomic E-state index is 11.0. The molecule has 0 amide bonds. The van der Waals surface area contributed by atoms with Crippen LogP contribution < -0.4 is 4.74 Å². The number of benzene rings is 1. The Morgan fingerprint density at radius 1 is 1.24 bits per heavy atom. The highest BCUT2D eigenvalue weighted by Crippen LogP contribution is 2.29. The van der Waals surface area contributed by atoms with Gasteiger partial charge in [0.15, 0.2) is 0 Å². The Morgan fingerprint density at radius 3 is 2.35 bits per heavy atom. The normalized spacial score (nSPS) is 16.5. The maximum atomic E-state index is 11.0. The fourth-order valence-corrected chi connectivity index (χ4v) is 2.59. The highest BCUT2D eigenvalue weighted by atomic mass is 35.7. The molecule has 17 heavy (non-hydrogen) atoms. The topological polar surface area (TPSA) is 43.4 Å². The Morgan fingerprint density at radius 2 is 1.88 bits per heavy atom. The first kappa shape index (κ1) is 12.7. The largest absolute Gasteiger partial charge is 0.494 e. The van der Waals surface area contributed by atoms with Crippen molar-refractivity contribution in [2.75, 3.05) is 6.61 Å². The van der Waals surface area contributed by atoms with Crippen molar-refractivity contribution in [3.63, 3.8) is 0 Å². The fourth-order valence-electron chi connectivity index (χ4n) is 1.82. The molecule has 1 aromatic rings. The molecule has 0 atom stereocenters. The van der Waals surface area contributed by atoms with Gasteiger partial charge in [0.25, 0.3) is 9.05 Å². The molecule has 1 aromatic carbocycles. The lowest BCUT2D eigenvalue weighted by molar-refractivity contribution is 0.222. The molecular weight excluding hydrogens is 260 g/mol. The van der Waals surface area contributed by atoms with Gasteiger partial charge >= 0.3 is 0 Å². The van der Waals surface area contributed by atoms with Gasteiger partial charge in [-0.2, -0.15) is 0 Å². The van der Waals surface area contributed by atoms with Crippen LogP contribution in [0.5, 0.6) is 5.75 Å². The van der Waals surface area contributed by atoms with E-state index in [0.29, 0.717) is 12.4 Å². The van der Waals surface area contributed by atoms with Crippen LogP contribution in [-0.2, 0) is 9.05 Å². The first-order valence-corrected chi connectivity index (χ1v) is 8.04. The lowest BCUT2D eigenvalue weighted by Gasteiger charge is -2.24. The summed E-state index contributed by atoms with van der Waals surface area (Å²) < 4.78 is 27.6. The van der Waals surface area contributed by atoms with Gasteiger partial charge in [0.2, 0.25) is 0 Å². The first-order chi connectivity index (χ1) is 8.05. The van der Waals surface area contributed by atoms with Crippen LogP contribution in [0.3, 0.4) is 0 Å². The number of ether oxygens (including phenoxy) is 1. The molecule has 0 spiro atoms. The van der Waals surface area contributed by atoms with Crippen molar-refractivity contribution in [1.82, 2.24) is 0 Å². The van der Waals surface area contributed by atoms with Gasteiger partial charge in [-0.25, -0.2) is 8.42 Å². The minimum absolute atomic E-state index is 0.102. The zero-order chi connectivity index (χ0) is 12.3. The molecule has 0 aliphatic heterocycles. The van der Waals surface area contributed by atoms with Crippen molar-refractivity contribution < 1.29 is 13.2 Å². The average Bonchev–Trinajstić information content (AvgIpc) is 2.21. The van der Waals surface area contributed by atoms with E-state index >= 15 is 0 Å². The van der Waals surface area contributed by atoms with Gasteiger partial charge in [-0.1, -0.05) is 19.3 Å². The van der Waals surface area contributed by atoms with Crippen molar-refractivity contribution in [2.45, 2.75) is 30.6 Å². The molecule has 0 radical (unpaired) electrons. The Hall–Kier alpha value is -0.740. The Bertz CT molecular complexity index is 463. The zero-order valence-corrected chi connectivity index (χ0v) is 11.0. The van der Waals surface area contributed by atoms with Gasteiger partial charge in [-0.05, 0) is 36.6 Å². The van der Waals surface area contributed by atoms with Crippen LogP contribution in [0.1, 0.15) is 25.7 Å². The maximum Gasteiger partial charge on any atom is 0.261 e. The molecule has 0 heterocycles. The van der Waals surface area contributed by atoms with E-state index in [0.717, 1.165) is 12.3 Å². The SMILES string of the molecule is O=S(=O)(Cl)c1ccc(OCCC2CCC2)cc1. The smallest absolute Gasteiger partial charge is 0.261 e. The van der Waals surface area contributed by atoms with Gasteiger partial charge in [-0.3, -0.25) is 0 Å². The number of halogens is 1. The van der Waals surface area contributed by atoms with E-state index < -0.39 is 9.05 Å². The molecule has 3 nitrogen and oxygen atoms in total. The molecular formula is C12H15ClO3S. The summed E-state index contributed by atoms with van der Waals surface area (Å²) in [5.74, 6) is 1.51. The molecule has 1 aliphatic carbocycles. The van der Waals surface area contributed by atoms with E-state index in [1.54, 1.807) is 12.1 Å². The van der Waals surface area contributed by atoms with Gasteiger partial charge in [0.1, 0.15) is 5.75 Å². The molecule has 1 fully saturated rings. The molecule has 0 N–H and O–H groups in total. The average molecular weight is 275 g/mol. The molecule has 5 heteroatoms. The van der Waals surface area contributed by atoms with E-state index in [1.165, 1.54) is 31.4 Å². The standard InChI is InChI=1S/C12H15ClO3S/c13-17(14,15)12-6-4-11(5-7-12)16-9-8-10-2-1-3-10/h4-7,10H,1-3,8-9H2. The van der Waals surface area contributed by atoms with Gasteiger partial charge in [-0.15, -0.1) is 0 Å². The summed E-state index contributed by atoms with van der Waals surface area (Å²) >= 11 is 0. The Labute approximate surface area is 106 Å². The van der Waals surface area contributed by atoms with Crippen molar-refractivity contribution in [1.29, 1.82) is 0 Å². The van der Waals surface area contributed by atoms with E-state index in [9.17, 15) is 8.42 Å². The minimum Gasteiger partial charge on any atom is -0.494 e. The highest BCUT2D eigenvalue weighted by molar-refractivity contribution is 8.13. The summed E-state index contributed by atoms with van der Waals surface area (Å²) in [6.45, 7) is 0.692. The molecule has 1 aliphatic rings. The molecule has 2 rings (SSSR count). The lowest BCUT2D eigenvalue weighted by atomic mass is 9.83. The second-order valence-corrected chi connectivity index (χ2v) is 6.91. The first-order valence-electron chi connectivity index (χ1n) is 5.73. The van der Waals surface area contributed by atoms with E-state index in [4.69, 9.17) is 15.4 Å². The lowest BCUT2D eigenvalue weighted by Crippen LogP contribution is -2.14. The highest BCUT2D eigenvalue weighted by Gasteiger charge is 2.16. The second kappa shape index (κ2) is 5.27. The molecule has 0 unspecified atom stereocenters. The second-order valence-electron chi connectivity index (χ2n) is 4.34. The Balaban J connectivity index is 1.85. The van der Waals surface area contributed by atoms with E-state index in [1.807, 2.05) is 0 Å². The minimum atomic E-state index is -3.63. The van der Waals surface area contributed by atoms with Crippen molar-refractivity contribution >= 4 is 19.7 Å². The van der Waals surface area contributed by atoms with Crippen LogP contribution in [0.4, 0.5) is 0 Å². The van der Waals surface area contributed by atoms with Crippen molar-refractivity contribution in [2.24, 2.45) is 5.92 Å². The third kappa shape index (κ3) is 3.61. The van der Waals surface area contributed by atoms with Gasteiger partial charge in [0, 0.05) is 10.7 Å². The summed E-state index contributed by atoms with van der Waals surface area (Å²) in [5.41, 5.74) is 0. The monoisotopic (exact) mass is 274 g/mol. The van der Waals surface area contributed by atoms with Crippen LogP contribution in [0.25, 0.3) is 0 Å². The summed E-state index contributed by atoms with van der Waals surface area (Å²) in [6, 6.07) is 6.19. The number of rotatable bonds is 5. The third-order valence-electron chi connectivity index (χ3n) is 3.12. The molecule has 0 aromatic heterocycles. The number of hydrogen-bond donors (Lipinski definition) is 0. The Kier molecular flexibility index (Phi) is 3.94. The quantitative estimate of drug-likeness (QED) is 0.775. The summed E-state index contributed by atoms with van der Waals surface area (Å²) in [6.07, 6.45) is 5.04. The summed E-state index contributed by atoms with van der Waals surface area (Å²) in [4.78, 5) is 0.102. The van der Waals surface area contributed by atoms with E-state index in [2.05, 4.69) is 0 Å². The molecule has 1 saturated carbocycles. The predicted molar refractivity (Wildman–Crippen MR) is 66.9 cm³/mol. The summed E-state index contributed by atoms with van der Waals surface area (Å²) in [5, 5.41) is 0. The summed E-state index contributed by atoms with van der Waals surface area (Å²) in [7, 11) is 1.58. The van der Waals surface area contributed by atoms with E-state index in [-0.39, 0.29) is 4.90 Å². The predicted octanol–water partition coefficient (Wildman–Crippen LogP) is 3.18. The van der Waals surface area contributed by atoms with Crippen LogP contribution in [0.15, 0.2) is 29.2 Å². The third-order valence-corrected chi connectivity index (χ3v) is 4.49. The number of hydrogen-bond acceptors (Lipinski definition) is 3. The fraction of sp³-hybridized carbons (Fsp3) is 0.500. The van der Waals surface area contributed by atoms with Crippen LogP contribution in [0, 0.1) is 5.92 Å². The van der Waals surface area contributed by atoms with Gasteiger partial charge < -0.3 is 4.74 Å². The molecule has 0 bridgehead atoms. The molecule has 94 valence electrons. The van der Waals surface area contributed by atoms with Crippen molar-refractivity contribution in [3.8, 4) is 5.75 Å². The zero-order valence-electron chi connectivity index (χ0n) is 9.43. The van der Waals surface area contributed by atoms with Crippen LogP contribution in [-0.4, -0.2) is 15.0 Å². The van der Waals surface area contributed by atoms with Crippen LogP contribution in [0.2, 0.25) is 0 Å².